The van der Waals surface area contributed by atoms with Crippen LogP contribution in [-0.4, -0.2) is 0 Å². The predicted octanol–water partition coefficient (Wildman–Crippen LogP) is 6.08. The van der Waals surface area contributed by atoms with E-state index >= 15 is 0 Å². The third kappa shape index (κ3) is 3.89. The highest BCUT2D eigenvalue weighted by molar-refractivity contribution is 9.10. The average Bonchev–Trinajstić information content (AvgIpc) is 2.23. The molecule has 0 amide bonds. The zero-order valence-electron chi connectivity index (χ0n) is 10.3. The lowest BCUT2D eigenvalue weighted by molar-refractivity contribution is 0.662. The third-order valence-electron chi connectivity index (χ3n) is 2.95. The molecule has 90 valence electrons. The van der Waals surface area contributed by atoms with Crippen molar-refractivity contribution in [2.24, 2.45) is 0 Å². The summed E-state index contributed by atoms with van der Waals surface area (Å²) in [4.78, 5) is 0.505. The van der Waals surface area contributed by atoms with Crippen LogP contribution in [0.2, 0.25) is 0 Å². The minimum Gasteiger partial charge on any atom is -0.0839 e. The van der Waals surface area contributed by atoms with Crippen LogP contribution in [0.5, 0.6) is 0 Å². The van der Waals surface area contributed by atoms with Crippen molar-refractivity contribution in [2.45, 2.75) is 51.3 Å². The fourth-order valence-corrected chi connectivity index (χ4v) is 3.14. The Morgan fingerprint density at radius 1 is 1.12 bits per heavy atom. The second kappa shape index (κ2) is 6.80. The lowest BCUT2D eigenvalue weighted by Crippen LogP contribution is -1.95. The molecule has 0 radical (unpaired) electrons. The Labute approximate surface area is 116 Å². The molecule has 0 nitrogen and oxygen atoms in total. The van der Waals surface area contributed by atoms with Crippen molar-refractivity contribution in [3.05, 3.63) is 33.3 Å². The molecule has 0 aliphatic rings. The molecule has 1 aromatic carbocycles. The van der Waals surface area contributed by atoms with Gasteiger partial charge in [0.05, 0.1) is 0 Å². The molecule has 1 unspecified atom stereocenters. The molecule has 1 rings (SSSR count). The quantitative estimate of drug-likeness (QED) is 0.447. The first-order chi connectivity index (χ1) is 7.56. The van der Waals surface area contributed by atoms with Gasteiger partial charge in [0, 0.05) is 9.30 Å². The molecule has 16 heavy (non-hydrogen) atoms. The zero-order chi connectivity index (χ0) is 12.1. The van der Waals surface area contributed by atoms with E-state index in [4.69, 9.17) is 0 Å². The molecule has 0 spiro atoms. The maximum absolute atomic E-state index is 3.81. The van der Waals surface area contributed by atoms with Crippen LogP contribution in [0, 0.1) is 13.8 Å². The molecule has 2 heteroatoms. The predicted molar refractivity (Wildman–Crippen MR) is 79.4 cm³/mol. The van der Waals surface area contributed by atoms with E-state index in [-0.39, 0.29) is 0 Å². The van der Waals surface area contributed by atoms with Gasteiger partial charge >= 0.3 is 0 Å². The second-order valence-electron chi connectivity index (χ2n) is 4.42. The molecule has 0 N–H and O–H groups in total. The molecule has 0 saturated heterocycles. The van der Waals surface area contributed by atoms with Gasteiger partial charge in [-0.3, -0.25) is 0 Å². The van der Waals surface area contributed by atoms with E-state index < -0.39 is 0 Å². The lowest BCUT2D eigenvalue weighted by Gasteiger charge is -2.14. The summed E-state index contributed by atoms with van der Waals surface area (Å²) in [6.07, 6.45) is 5.16. The number of alkyl halides is 1. The summed E-state index contributed by atoms with van der Waals surface area (Å²) >= 11 is 7.39. The number of hydrogen-bond donors (Lipinski definition) is 0. The molecular formula is C14H20Br2. The van der Waals surface area contributed by atoms with Gasteiger partial charge in [-0.05, 0) is 43.0 Å². The normalized spacial score (nSPS) is 12.8. The van der Waals surface area contributed by atoms with Crippen molar-refractivity contribution in [1.82, 2.24) is 0 Å². The molecule has 0 heterocycles. The van der Waals surface area contributed by atoms with Crippen molar-refractivity contribution in [3.8, 4) is 0 Å². The first kappa shape index (κ1) is 14.2. The van der Waals surface area contributed by atoms with Crippen molar-refractivity contribution >= 4 is 31.9 Å². The van der Waals surface area contributed by atoms with E-state index in [1.165, 1.54) is 46.8 Å². The Hall–Kier alpha value is 0.180. The zero-order valence-corrected chi connectivity index (χ0v) is 13.5. The first-order valence-electron chi connectivity index (χ1n) is 5.97. The van der Waals surface area contributed by atoms with Gasteiger partial charge in [0.15, 0.2) is 0 Å². The highest BCUT2D eigenvalue weighted by Crippen LogP contribution is 2.33. The average molecular weight is 348 g/mol. The molecule has 1 aromatic rings. The van der Waals surface area contributed by atoms with Crippen LogP contribution in [0.1, 0.15) is 54.1 Å². The van der Waals surface area contributed by atoms with Crippen LogP contribution < -0.4 is 0 Å². The molecule has 1 atom stereocenters. The van der Waals surface area contributed by atoms with Gasteiger partial charge in [0.2, 0.25) is 0 Å². The Kier molecular flexibility index (Phi) is 6.06. The van der Waals surface area contributed by atoms with Gasteiger partial charge in [0.25, 0.3) is 0 Å². The summed E-state index contributed by atoms with van der Waals surface area (Å²) in [6.45, 7) is 6.59. The fourth-order valence-electron chi connectivity index (χ4n) is 1.87. The summed E-state index contributed by atoms with van der Waals surface area (Å²) in [7, 11) is 0. The maximum atomic E-state index is 3.81. The molecule has 0 bridgehead atoms. The fraction of sp³-hybridized carbons (Fsp3) is 0.571. The van der Waals surface area contributed by atoms with Crippen molar-refractivity contribution in [3.63, 3.8) is 0 Å². The smallest absolute Gasteiger partial charge is 0.0398 e. The van der Waals surface area contributed by atoms with Crippen molar-refractivity contribution in [1.29, 1.82) is 0 Å². The van der Waals surface area contributed by atoms with Crippen LogP contribution in [-0.2, 0) is 0 Å². The Morgan fingerprint density at radius 2 is 1.81 bits per heavy atom. The van der Waals surface area contributed by atoms with Crippen LogP contribution in [0.15, 0.2) is 16.6 Å². The maximum Gasteiger partial charge on any atom is 0.0398 e. The summed E-state index contributed by atoms with van der Waals surface area (Å²) in [5.41, 5.74) is 4.13. The summed E-state index contributed by atoms with van der Waals surface area (Å²) < 4.78 is 1.21. The van der Waals surface area contributed by atoms with E-state index in [9.17, 15) is 0 Å². The Bertz CT molecular complexity index is 345. The Balaban J connectivity index is 2.75. The highest BCUT2D eigenvalue weighted by Gasteiger charge is 2.11. The Morgan fingerprint density at radius 3 is 2.44 bits per heavy atom. The number of benzene rings is 1. The van der Waals surface area contributed by atoms with E-state index in [0.717, 1.165) is 0 Å². The largest absolute Gasteiger partial charge is 0.0839 e. The van der Waals surface area contributed by atoms with E-state index in [1.54, 1.807) is 0 Å². The van der Waals surface area contributed by atoms with Gasteiger partial charge in [-0.25, -0.2) is 0 Å². The molecule has 0 aliphatic carbocycles. The first-order valence-corrected chi connectivity index (χ1v) is 7.67. The SMILES string of the molecule is CCCCCC(Br)c1cc(C)c(Br)cc1C. The number of halogens is 2. The third-order valence-corrected chi connectivity index (χ3v) is 4.75. The minimum atomic E-state index is 0.505. The number of rotatable bonds is 5. The topological polar surface area (TPSA) is 0 Å². The molecular weight excluding hydrogens is 328 g/mol. The van der Waals surface area contributed by atoms with E-state index in [0.29, 0.717) is 4.83 Å². The second-order valence-corrected chi connectivity index (χ2v) is 6.38. The van der Waals surface area contributed by atoms with Crippen LogP contribution in [0.4, 0.5) is 0 Å². The number of hydrogen-bond acceptors (Lipinski definition) is 0. The highest BCUT2D eigenvalue weighted by atomic mass is 79.9. The van der Waals surface area contributed by atoms with Gasteiger partial charge in [-0.2, -0.15) is 0 Å². The summed E-state index contributed by atoms with van der Waals surface area (Å²) in [6, 6.07) is 4.52. The van der Waals surface area contributed by atoms with Gasteiger partial charge in [-0.15, -0.1) is 0 Å². The van der Waals surface area contributed by atoms with Gasteiger partial charge in [-0.1, -0.05) is 64.1 Å². The molecule has 0 aliphatic heterocycles. The van der Waals surface area contributed by atoms with Gasteiger partial charge < -0.3 is 0 Å². The van der Waals surface area contributed by atoms with Crippen LogP contribution in [0.3, 0.4) is 0 Å². The summed E-state index contributed by atoms with van der Waals surface area (Å²) in [5.74, 6) is 0. The van der Waals surface area contributed by atoms with Crippen molar-refractivity contribution in [2.75, 3.05) is 0 Å². The molecule has 0 aromatic heterocycles. The molecule has 0 saturated carbocycles. The number of unbranched alkanes of at least 4 members (excludes halogenated alkanes) is 2. The minimum absolute atomic E-state index is 0.505. The lowest BCUT2D eigenvalue weighted by atomic mass is 9.99. The van der Waals surface area contributed by atoms with Crippen LogP contribution >= 0.6 is 31.9 Å². The van der Waals surface area contributed by atoms with E-state index in [1.807, 2.05) is 0 Å². The number of aryl methyl sites for hydroxylation is 2. The summed E-state index contributed by atoms with van der Waals surface area (Å²) in [5, 5.41) is 0. The molecule has 0 fully saturated rings. The van der Waals surface area contributed by atoms with Gasteiger partial charge in [0.1, 0.15) is 0 Å². The van der Waals surface area contributed by atoms with Crippen LogP contribution in [0.25, 0.3) is 0 Å². The monoisotopic (exact) mass is 346 g/mol. The van der Waals surface area contributed by atoms with E-state index in [2.05, 4.69) is 64.8 Å². The van der Waals surface area contributed by atoms with Crippen molar-refractivity contribution < 1.29 is 0 Å². The standard InChI is InChI=1S/C14H20Br2/c1-4-5-6-7-13(15)12-8-11(3)14(16)9-10(12)2/h8-9,13H,4-7H2,1-3H3.